The number of nitrogens with zero attached hydrogens (tertiary/aromatic N) is 1. The van der Waals surface area contributed by atoms with Crippen molar-refractivity contribution in [3.63, 3.8) is 0 Å². The summed E-state index contributed by atoms with van der Waals surface area (Å²) in [4.78, 5) is 13.8. The summed E-state index contributed by atoms with van der Waals surface area (Å²) in [6, 6.07) is 5.69. The summed E-state index contributed by atoms with van der Waals surface area (Å²) in [6.07, 6.45) is 0. The van der Waals surface area contributed by atoms with Gasteiger partial charge in [-0.15, -0.1) is 11.8 Å². The molecule has 3 nitrogen and oxygen atoms in total. The predicted molar refractivity (Wildman–Crippen MR) is 71.6 cm³/mol. The van der Waals surface area contributed by atoms with Crippen molar-refractivity contribution in [3.05, 3.63) is 28.8 Å². The standard InChI is InChI=1S/C12H13ClN2OS/c1-2-15-10-4-3-8(13)7-9(10)12(11(15)16)14-5-6-17-12/h3-4,7,14H,2,5-6H2,1H3. The number of nitrogens with one attached hydrogen (secondary N) is 1. The molecule has 1 aromatic carbocycles. The molecule has 0 bridgehead atoms. The molecule has 1 saturated heterocycles. The number of carbonyl (C=O) groups excluding carboxylic acids is 1. The maximum Gasteiger partial charge on any atom is 0.262 e. The third-order valence-electron chi connectivity index (χ3n) is 3.29. The Morgan fingerprint density at radius 3 is 3.06 bits per heavy atom. The van der Waals surface area contributed by atoms with E-state index in [1.165, 1.54) is 0 Å². The molecule has 17 heavy (non-hydrogen) atoms. The fraction of sp³-hybridized carbons (Fsp3) is 0.417. The van der Waals surface area contributed by atoms with Crippen LogP contribution in [0.4, 0.5) is 5.69 Å². The van der Waals surface area contributed by atoms with Crippen LogP contribution in [0.15, 0.2) is 18.2 Å². The van der Waals surface area contributed by atoms with Crippen LogP contribution in [-0.2, 0) is 9.67 Å². The number of halogens is 1. The van der Waals surface area contributed by atoms with Gasteiger partial charge in [0.25, 0.3) is 5.91 Å². The Balaban J connectivity index is 2.21. The molecule has 3 rings (SSSR count). The van der Waals surface area contributed by atoms with Crippen LogP contribution in [0.1, 0.15) is 12.5 Å². The van der Waals surface area contributed by atoms with Gasteiger partial charge in [-0.3, -0.25) is 10.1 Å². The van der Waals surface area contributed by atoms with Crippen molar-refractivity contribution in [2.24, 2.45) is 0 Å². The highest BCUT2D eigenvalue weighted by Crippen LogP contribution is 2.49. The van der Waals surface area contributed by atoms with E-state index in [4.69, 9.17) is 11.6 Å². The van der Waals surface area contributed by atoms with Crippen LogP contribution in [0.25, 0.3) is 0 Å². The first-order valence-electron chi connectivity index (χ1n) is 5.70. The van der Waals surface area contributed by atoms with Crippen LogP contribution in [0.3, 0.4) is 0 Å². The van der Waals surface area contributed by atoms with Crippen molar-refractivity contribution in [1.29, 1.82) is 0 Å². The average Bonchev–Trinajstić information content (AvgIpc) is 2.88. The molecule has 0 radical (unpaired) electrons. The lowest BCUT2D eigenvalue weighted by molar-refractivity contribution is -0.120. The van der Waals surface area contributed by atoms with Crippen LogP contribution < -0.4 is 10.2 Å². The Kier molecular flexibility index (Phi) is 2.61. The number of rotatable bonds is 1. The molecule has 2 aliphatic heterocycles. The molecule has 0 aromatic heterocycles. The van der Waals surface area contributed by atoms with E-state index in [1.807, 2.05) is 30.0 Å². The molecule has 5 heteroatoms. The van der Waals surface area contributed by atoms with Gasteiger partial charge in [-0.1, -0.05) is 11.6 Å². The fourth-order valence-corrected chi connectivity index (χ4v) is 3.99. The van der Waals surface area contributed by atoms with E-state index in [1.54, 1.807) is 11.8 Å². The van der Waals surface area contributed by atoms with Gasteiger partial charge in [-0.25, -0.2) is 0 Å². The van der Waals surface area contributed by atoms with Crippen molar-refractivity contribution in [2.45, 2.75) is 11.8 Å². The number of benzene rings is 1. The molecule has 1 spiro atoms. The molecule has 2 heterocycles. The summed E-state index contributed by atoms with van der Waals surface area (Å²) in [5.41, 5.74) is 2.00. The topological polar surface area (TPSA) is 32.3 Å². The minimum absolute atomic E-state index is 0.139. The summed E-state index contributed by atoms with van der Waals surface area (Å²) >= 11 is 7.73. The van der Waals surface area contributed by atoms with E-state index in [0.717, 1.165) is 23.5 Å². The maximum absolute atomic E-state index is 12.5. The molecular formula is C12H13ClN2OS. The van der Waals surface area contributed by atoms with Crippen LogP contribution in [0.2, 0.25) is 5.02 Å². The second kappa shape index (κ2) is 3.90. The summed E-state index contributed by atoms with van der Waals surface area (Å²) in [5.74, 6) is 1.09. The van der Waals surface area contributed by atoms with Crippen molar-refractivity contribution < 1.29 is 4.79 Å². The van der Waals surface area contributed by atoms with E-state index < -0.39 is 4.87 Å². The lowest BCUT2D eigenvalue weighted by atomic mass is 10.1. The van der Waals surface area contributed by atoms with Crippen LogP contribution >= 0.6 is 23.4 Å². The lowest BCUT2D eigenvalue weighted by Crippen LogP contribution is -2.45. The van der Waals surface area contributed by atoms with Gasteiger partial charge in [0.2, 0.25) is 0 Å². The Bertz CT molecular complexity index is 485. The van der Waals surface area contributed by atoms with Gasteiger partial charge in [0.15, 0.2) is 4.87 Å². The van der Waals surface area contributed by atoms with Crippen molar-refractivity contribution in [1.82, 2.24) is 5.32 Å². The highest BCUT2D eigenvalue weighted by atomic mass is 35.5. The average molecular weight is 269 g/mol. The van der Waals surface area contributed by atoms with E-state index in [9.17, 15) is 4.79 Å². The van der Waals surface area contributed by atoms with Gasteiger partial charge in [0.05, 0.1) is 5.69 Å². The molecule has 0 saturated carbocycles. The maximum atomic E-state index is 12.5. The fourth-order valence-electron chi connectivity index (χ4n) is 2.55. The molecule has 2 aliphatic rings. The number of likely N-dealkylation sites (N-methyl/N-ethyl adjacent to an activating group) is 1. The summed E-state index contributed by atoms with van der Waals surface area (Å²) < 4.78 is 0. The highest BCUT2D eigenvalue weighted by Gasteiger charge is 2.52. The molecule has 1 amide bonds. The summed E-state index contributed by atoms with van der Waals surface area (Å²) in [7, 11) is 0. The third-order valence-corrected chi connectivity index (χ3v) is 4.90. The first-order chi connectivity index (χ1) is 8.19. The first kappa shape index (κ1) is 11.4. The second-order valence-corrected chi connectivity index (χ2v) is 5.91. The normalized spacial score (nSPS) is 26.9. The number of amides is 1. The second-order valence-electron chi connectivity index (χ2n) is 4.17. The largest absolute Gasteiger partial charge is 0.310 e. The Morgan fingerprint density at radius 1 is 1.59 bits per heavy atom. The van der Waals surface area contributed by atoms with Gasteiger partial charge in [-0.2, -0.15) is 0 Å². The number of fused-ring (bicyclic) bond motifs is 2. The quantitative estimate of drug-likeness (QED) is 0.848. The molecule has 1 aromatic rings. The highest BCUT2D eigenvalue weighted by molar-refractivity contribution is 8.01. The van der Waals surface area contributed by atoms with Gasteiger partial charge >= 0.3 is 0 Å². The minimum Gasteiger partial charge on any atom is -0.310 e. The molecular weight excluding hydrogens is 256 g/mol. The molecule has 0 aliphatic carbocycles. The van der Waals surface area contributed by atoms with E-state index in [-0.39, 0.29) is 5.91 Å². The number of anilines is 1. The van der Waals surface area contributed by atoms with Crippen molar-refractivity contribution in [3.8, 4) is 0 Å². The van der Waals surface area contributed by atoms with E-state index >= 15 is 0 Å². The Morgan fingerprint density at radius 2 is 2.41 bits per heavy atom. The minimum atomic E-state index is -0.587. The van der Waals surface area contributed by atoms with Gasteiger partial charge in [0, 0.05) is 29.4 Å². The lowest BCUT2D eigenvalue weighted by Gasteiger charge is -2.22. The van der Waals surface area contributed by atoms with Crippen LogP contribution in [0, 0.1) is 0 Å². The predicted octanol–water partition coefficient (Wildman–Crippen LogP) is 2.20. The van der Waals surface area contributed by atoms with Crippen LogP contribution in [-0.4, -0.2) is 24.7 Å². The monoisotopic (exact) mass is 268 g/mol. The van der Waals surface area contributed by atoms with Crippen molar-refractivity contribution in [2.75, 3.05) is 23.7 Å². The zero-order chi connectivity index (χ0) is 12.0. The molecule has 1 atom stereocenters. The van der Waals surface area contributed by atoms with Gasteiger partial charge < -0.3 is 4.90 Å². The third kappa shape index (κ3) is 1.44. The van der Waals surface area contributed by atoms with E-state index in [2.05, 4.69) is 5.32 Å². The SMILES string of the molecule is CCN1C(=O)C2(NCCS2)c2cc(Cl)ccc21. The number of hydrogen-bond donors (Lipinski definition) is 1. The van der Waals surface area contributed by atoms with Crippen molar-refractivity contribution >= 4 is 35.0 Å². The van der Waals surface area contributed by atoms with E-state index in [0.29, 0.717) is 11.6 Å². The summed E-state index contributed by atoms with van der Waals surface area (Å²) in [5, 5.41) is 4.03. The summed E-state index contributed by atoms with van der Waals surface area (Å²) in [6.45, 7) is 3.55. The number of carbonyl (C=O) groups is 1. The zero-order valence-corrected chi connectivity index (χ0v) is 11.1. The van der Waals surface area contributed by atoms with Crippen LogP contribution in [0.5, 0.6) is 0 Å². The Hall–Kier alpha value is -0.710. The first-order valence-corrected chi connectivity index (χ1v) is 7.06. The smallest absolute Gasteiger partial charge is 0.262 e. The van der Waals surface area contributed by atoms with Gasteiger partial charge in [0.1, 0.15) is 0 Å². The number of thioether (sulfide) groups is 1. The molecule has 1 fully saturated rings. The Labute approximate surface area is 110 Å². The zero-order valence-electron chi connectivity index (χ0n) is 9.50. The molecule has 90 valence electrons. The van der Waals surface area contributed by atoms with Gasteiger partial charge in [-0.05, 0) is 25.1 Å². The molecule has 1 N–H and O–H groups in total. The molecule has 1 unspecified atom stereocenters. The number of hydrogen-bond acceptors (Lipinski definition) is 3.